The number of ether oxygens (including phenoxy) is 1. The van der Waals surface area contributed by atoms with Crippen molar-refractivity contribution in [1.29, 1.82) is 0 Å². The number of nitrogens with one attached hydrogen (secondary N) is 1. The Morgan fingerprint density at radius 1 is 0.875 bits per heavy atom. The van der Waals surface area contributed by atoms with E-state index in [1.807, 2.05) is 0 Å². The summed E-state index contributed by atoms with van der Waals surface area (Å²) in [7, 11) is 0. The normalized spacial score (nSPS) is 23.8. The van der Waals surface area contributed by atoms with E-state index in [9.17, 15) is 0 Å². The van der Waals surface area contributed by atoms with Crippen molar-refractivity contribution in [2.75, 3.05) is 65.6 Å². The first-order chi connectivity index (χ1) is 7.95. The Bertz CT molecular complexity index is 223. The Morgan fingerprint density at radius 2 is 1.44 bits per heavy atom. The van der Waals surface area contributed by atoms with Crippen molar-refractivity contribution in [3.63, 3.8) is 0 Å². The van der Waals surface area contributed by atoms with Gasteiger partial charge < -0.3 is 10.1 Å². The Balaban J connectivity index is 1.61. The van der Waals surface area contributed by atoms with Crippen LogP contribution in [0.3, 0.4) is 0 Å². The fourth-order valence-corrected chi connectivity index (χ4v) is 1.96. The van der Waals surface area contributed by atoms with Gasteiger partial charge in [0.25, 0.3) is 0 Å². The molecule has 0 aromatic heterocycles. The third kappa shape index (κ3) is 4.11. The van der Waals surface area contributed by atoms with Crippen LogP contribution in [-0.2, 0) is 4.74 Å². The van der Waals surface area contributed by atoms with Crippen molar-refractivity contribution in [2.24, 2.45) is 0 Å². The molecule has 0 amide bonds. The Labute approximate surface area is 97.9 Å². The van der Waals surface area contributed by atoms with Gasteiger partial charge >= 0.3 is 0 Å². The first kappa shape index (κ1) is 11.9. The fourth-order valence-electron chi connectivity index (χ4n) is 1.96. The molecule has 90 valence electrons. The lowest BCUT2D eigenvalue weighted by molar-refractivity contribution is 0.0443. The minimum atomic E-state index is 0.861. The smallest absolute Gasteiger partial charge is 0.0603 e. The standard InChI is InChI=1S/C12H21N3O/c1(5-14-7-3-13-4-8-14)2-6-15-9-11-16-12-10-15/h13H,3-12H2. The lowest BCUT2D eigenvalue weighted by atomic mass is 10.3. The molecule has 2 aliphatic heterocycles. The molecule has 2 fully saturated rings. The molecule has 0 aromatic rings. The third-order valence-electron chi connectivity index (χ3n) is 3.04. The van der Waals surface area contributed by atoms with E-state index in [4.69, 9.17) is 4.74 Å². The average Bonchev–Trinajstić information content (AvgIpc) is 2.37. The molecule has 0 aromatic carbocycles. The minimum absolute atomic E-state index is 0.861. The van der Waals surface area contributed by atoms with E-state index in [1.54, 1.807) is 0 Å². The van der Waals surface area contributed by atoms with E-state index in [0.29, 0.717) is 0 Å². The van der Waals surface area contributed by atoms with Crippen molar-refractivity contribution < 1.29 is 4.74 Å². The van der Waals surface area contributed by atoms with E-state index >= 15 is 0 Å². The highest BCUT2D eigenvalue weighted by Gasteiger charge is 2.08. The number of piperazine rings is 1. The maximum atomic E-state index is 5.30. The van der Waals surface area contributed by atoms with Crippen LogP contribution < -0.4 is 5.32 Å². The van der Waals surface area contributed by atoms with E-state index < -0.39 is 0 Å². The van der Waals surface area contributed by atoms with Gasteiger partial charge in [-0.1, -0.05) is 11.8 Å². The van der Waals surface area contributed by atoms with Gasteiger partial charge in [0.2, 0.25) is 0 Å². The average molecular weight is 223 g/mol. The lowest BCUT2D eigenvalue weighted by Gasteiger charge is -2.25. The second-order valence-corrected chi connectivity index (χ2v) is 4.27. The quantitative estimate of drug-likeness (QED) is 0.622. The van der Waals surface area contributed by atoms with Crippen molar-refractivity contribution in [2.45, 2.75) is 0 Å². The highest BCUT2D eigenvalue weighted by atomic mass is 16.5. The summed E-state index contributed by atoms with van der Waals surface area (Å²) < 4.78 is 5.30. The van der Waals surface area contributed by atoms with Gasteiger partial charge in [-0.25, -0.2) is 0 Å². The zero-order valence-corrected chi connectivity index (χ0v) is 9.87. The zero-order chi connectivity index (χ0) is 11.1. The predicted molar refractivity (Wildman–Crippen MR) is 64.3 cm³/mol. The molecule has 4 nitrogen and oxygen atoms in total. The van der Waals surface area contributed by atoms with Crippen LogP contribution in [0.5, 0.6) is 0 Å². The third-order valence-corrected chi connectivity index (χ3v) is 3.04. The summed E-state index contributed by atoms with van der Waals surface area (Å²) in [6.45, 7) is 10.1. The van der Waals surface area contributed by atoms with Crippen LogP contribution in [0.2, 0.25) is 0 Å². The monoisotopic (exact) mass is 223 g/mol. The van der Waals surface area contributed by atoms with Gasteiger partial charge in [-0.3, -0.25) is 9.80 Å². The summed E-state index contributed by atoms with van der Waals surface area (Å²) in [4.78, 5) is 4.76. The number of morpholine rings is 1. The lowest BCUT2D eigenvalue weighted by Crippen LogP contribution is -2.43. The largest absolute Gasteiger partial charge is 0.379 e. The second kappa shape index (κ2) is 6.87. The van der Waals surface area contributed by atoms with Crippen molar-refractivity contribution >= 4 is 0 Å². The van der Waals surface area contributed by atoms with Gasteiger partial charge in [0, 0.05) is 39.3 Å². The maximum absolute atomic E-state index is 5.30. The van der Waals surface area contributed by atoms with Gasteiger partial charge in [-0.2, -0.15) is 0 Å². The first-order valence-electron chi connectivity index (χ1n) is 6.14. The summed E-state index contributed by atoms with van der Waals surface area (Å²) in [5.74, 6) is 6.53. The van der Waals surface area contributed by atoms with Crippen LogP contribution in [-0.4, -0.2) is 75.4 Å². The van der Waals surface area contributed by atoms with Crippen molar-refractivity contribution in [1.82, 2.24) is 15.1 Å². The molecule has 0 aliphatic carbocycles. The van der Waals surface area contributed by atoms with Crippen molar-refractivity contribution in [3.05, 3.63) is 0 Å². The van der Waals surface area contributed by atoms with Gasteiger partial charge in [0.1, 0.15) is 0 Å². The fraction of sp³-hybridized carbons (Fsp3) is 0.833. The van der Waals surface area contributed by atoms with E-state index in [-0.39, 0.29) is 0 Å². The Kier molecular flexibility index (Phi) is 5.10. The van der Waals surface area contributed by atoms with Gasteiger partial charge in [-0.05, 0) is 0 Å². The Hall–Kier alpha value is -0.600. The number of hydrogen-bond donors (Lipinski definition) is 1. The van der Waals surface area contributed by atoms with Crippen LogP contribution in [0.4, 0.5) is 0 Å². The minimum Gasteiger partial charge on any atom is -0.379 e. The molecule has 0 bridgehead atoms. The summed E-state index contributed by atoms with van der Waals surface area (Å²) >= 11 is 0. The molecule has 0 radical (unpaired) electrons. The van der Waals surface area contributed by atoms with Crippen LogP contribution in [0, 0.1) is 11.8 Å². The van der Waals surface area contributed by atoms with Crippen LogP contribution in [0.15, 0.2) is 0 Å². The molecular formula is C12H21N3O. The van der Waals surface area contributed by atoms with Crippen LogP contribution >= 0.6 is 0 Å². The molecule has 2 rings (SSSR count). The van der Waals surface area contributed by atoms with Crippen molar-refractivity contribution in [3.8, 4) is 11.8 Å². The molecule has 1 N–H and O–H groups in total. The molecule has 0 atom stereocenters. The van der Waals surface area contributed by atoms with E-state index in [1.165, 1.54) is 0 Å². The molecule has 2 heterocycles. The molecule has 2 saturated heterocycles. The molecule has 0 spiro atoms. The second-order valence-electron chi connectivity index (χ2n) is 4.27. The molecular weight excluding hydrogens is 202 g/mol. The van der Waals surface area contributed by atoms with E-state index in [0.717, 1.165) is 65.6 Å². The first-order valence-corrected chi connectivity index (χ1v) is 6.14. The molecule has 4 heteroatoms. The summed E-state index contributed by atoms with van der Waals surface area (Å²) in [5, 5.41) is 3.34. The molecule has 0 saturated carbocycles. The zero-order valence-electron chi connectivity index (χ0n) is 9.87. The summed E-state index contributed by atoms with van der Waals surface area (Å²) in [5.41, 5.74) is 0. The predicted octanol–water partition coefficient (Wildman–Crippen LogP) is -0.773. The number of hydrogen-bond acceptors (Lipinski definition) is 4. The highest BCUT2D eigenvalue weighted by molar-refractivity contribution is 5.03. The maximum Gasteiger partial charge on any atom is 0.0603 e. The summed E-state index contributed by atoms with van der Waals surface area (Å²) in [6.07, 6.45) is 0. The SMILES string of the molecule is C(#CCN1CCOCC1)CN1CCNCC1. The van der Waals surface area contributed by atoms with E-state index in [2.05, 4.69) is 27.0 Å². The van der Waals surface area contributed by atoms with Crippen LogP contribution in [0.1, 0.15) is 0 Å². The van der Waals surface area contributed by atoms with Gasteiger partial charge in [-0.15, -0.1) is 0 Å². The molecule has 0 unspecified atom stereocenters. The van der Waals surface area contributed by atoms with Gasteiger partial charge in [0.15, 0.2) is 0 Å². The number of nitrogens with zero attached hydrogens (tertiary/aromatic N) is 2. The summed E-state index contributed by atoms with van der Waals surface area (Å²) in [6, 6.07) is 0. The highest BCUT2D eigenvalue weighted by Crippen LogP contribution is 1.94. The Morgan fingerprint density at radius 3 is 2.06 bits per heavy atom. The van der Waals surface area contributed by atoms with Gasteiger partial charge in [0.05, 0.1) is 26.3 Å². The molecule has 16 heavy (non-hydrogen) atoms. The van der Waals surface area contributed by atoms with Crippen LogP contribution in [0.25, 0.3) is 0 Å². The molecule has 2 aliphatic rings. The topological polar surface area (TPSA) is 27.7 Å². The number of rotatable bonds is 2.